The van der Waals surface area contributed by atoms with E-state index in [4.69, 9.17) is 5.11 Å². The number of aliphatic hydroxyl groups is 1. The van der Waals surface area contributed by atoms with Crippen molar-refractivity contribution in [2.75, 3.05) is 13.2 Å². The van der Waals surface area contributed by atoms with Crippen LogP contribution in [0.1, 0.15) is 15.9 Å². The van der Waals surface area contributed by atoms with Crippen LogP contribution in [0.4, 0.5) is 4.39 Å². The van der Waals surface area contributed by atoms with Gasteiger partial charge in [0.05, 0.1) is 28.6 Å². The van der Waals surface area contributed by atoms with Crippen molar-refractivity contribution in [3.8, 4) is 5.69 Å². The highest BCUT2D eigenvalue weighted by molar-refractivity contribution is 6.07. The van der Waals surface area contributed by atoms with E-state index in [0.717, 1.165) is 10.9 Å². The normalized spacial score (nSPS) is 11.1. The van der Waals surface area contributed by atoms with Gasteiger partial charge in [0.15, 0.2) is 0 Å². The van der Waals surface area contributed by atoms with Gasteiger partial charge in [0, 0.05) is 23.8 Å². The number of fused-ring (bicyclic) bond motifs is 2. The van der Waals surface area contributed by atoms with Gasteiger partial charge in [-0.3, -0.25) is 14.2 Å². The molecular formula is C22H18FN3O3. The van der Waals surface area contributed by atoms with E-state index in [-0.39, 0.29) is 35.2 Å². The van der Waals surface area contributed by atoms with E-state index >= 15 is 0 Å². The topological polar surface area (TPSA) is 84.2 Å². The molecule has 0 bridgehead atoms. The maximum Gasteiger partial charge on any atom is 0.264 e. The van der Waals surface area contributed by atoms with Gasteiger partial charge in [-0.25, -0.2) is 9.37 Å². The minimum Gasteiger partial charge on any atom is -0.395 e. The Bertz CT molecular complexity index is 1300. The number of benzene rings is 2. The van der Waals surface area contributed by atoms with Crippen molar-refractivity contribution < 1.29 is 14.3 Å². The fourth-order valence-electron chi connectivity index (χ4n) is 3.32. The van der Waals surface area contributed by atoms with Crippen LogP contribution in [0, 0.1) is 12.7 Å². The van der Waals surface area contributed by atoms with Crippen molar-refractivity contribution in [3.05, 3.63) is 82.0 Å². The zero-order valence-corrected chi connectivity index (χ0v) is 15.6. The van der Waals surface area contributed by atoms with Gasteiger partial charge in [-0.15, -0.1) is 0 Å². The van der Waals surface area contributed by atoms with E-state index in [1.54, 1.807) is 6.07 Å². The number of carbonyl (C=O) groups excluding carboxylic acids is 1. The molecule has 0 aliphatic heterocycles. The molecule has 6 nitrogen and oxygen atoms in total. The standard InChI is InChI=1S/C22H18FN3O3/c1-13-3-2-4-14-11-17-20(25-19(13)14)18(21(28)24-9-10-27)12-26(22(17)29)16-7-5-15(23)6-8-16/h2-8,11-12,27H,9-10H2,1H3,(H,24,28). The lowest BCUT2D eigenvalue weighted by Crippen LogP contribution is -2.29. The predicted octanol–water partition coefficient (Wildman–Crippen LogP) is 2.71. The molecule has 0 fully saturated rings. The average Bonchev–Trinajstić information content (AvgIpc) is 2.73. The van der Waals surface area contributed by atoms with Crippen molar-refractivity contribution in [1.82, 2.24) is 14.9 Å². The number of nitrogens with zero attached hydrogens (tertiary/aromatic N) is 2. The van der Waals surface area contributed by atoms with Crippen LogP contribution in [0.25, 0.3) is 27.5 Å². The third kappa shape index (κ3) is 3.36. The zero-order valence-electron chi connectivity index (χ0n) is 15.6. The summed E-state index contributed by atoms with van der Waals surface area (Å²) in [4.78, 5) is 30.6. The fourth-order valence-corrected chi connectivity index (χ4v) is 3.32. The molecule has 0 spiro atoms. The lowest BCUT2D eigenvalue weighted by molar-refractivity contribution is 0.0945. The summed E-state index contributed by atoms with van der Waals surface area (Å²) in [7, 11) is 0. The number of aromatic nitrogens is 2. The van der Waals surface area contributed by atoms with Crippen LogP contribution in [0.2, 0.25) is 0 Å². The van der Waals surface area contributed by atoms with Crippen molar-refractivity contribution in [1.29, 1.82) is 0 Å². The first-order valence-electron chi connectivity index (χ1n) is 9.10. The lowest BCUT2D eigenvalue weighted by Gasteiger charge is -2.13. The van der Waals surface area contributed by atoms with Crippen molar-refractivity contribution in [3.63, 3.8) is 0 Å². The van der Waals surface area contributed by atoms with Gasteiger partial charge >= 0.3 is 0 Å². The van der Waals surface area contributed by atoms with Crippen LogP contribution in [-0.4, -0.2) is 33.7 Å². The Labute approximate surface area is 165 Å². The first kappa shape index (κ1) is 18.8. The molecule has 146 valence electrons. The number of amides is 1. The number of halogens is 1. The highest BCUT2D eigenvalue weighted by Crippen LogP contribution is 2.23. The fraction of sp³-hybridized carbons (Fsp3) is 0.136. The molecule has 2 N–H and O–H groups in total. The quantitative estimate of drug-likeness (QED) is 0.524. The summed E-state index contributed by atoms with van der Waals surface area (Å²) >= 11 is 0. The second kappa shape index (κ2) is 7.44. The van der Waals surface area contributed by atoms with E-state index in [0.29, 0.717) is 11.2 Å². The molecule has 7 heteroatoms. The van der Waals surface area contributed by atoms with Crippen molar-refractivity contribution in [2.24, 2.45) is 0 Å². The van der Waals surface area contributed by atoms with Gasteiger partial charge in [-0.2, -0.15) is 0 Å². The van der Waals surface area contributed by atoms with Crippen molar-refractivity contribution >= 4 is 27.7 Å². The van der Waals surface area contributed by atoms with E-state index in [1.807, 2.05) is 25.1 Å². The molecule has 29 heavy (non-hydrogen) atoms. The average molecular weight is 391 g/mol. The Hall–Kier alpha value is -3.58. The van der Waals surface area contributed by atoms with Crippen LogP contribution in [0.5, 0.6) is 0 Å². The van der Waals surface area contributed by atoms with Crippen LogP contribution in [0.3, 0.4) is 0 Å². The zero-order chi connectivity index (χ0) is 20.5. The van der Waals surface area contributed by atoms with Gasteiger partial charge in [-0.05, 0) is 42.8 Å². The monoisotopic (exact) mass is 391 g/mol. The lowest BCUT2D eigenvalue weighted by atomic mass is 10.1. The number of carbonyl (C=O) groups is 1. The van der Waals surface area contributed by atoms with E-state index < -0.39 is 11.7 Å². The molecule has 2 heterocycles. The first-order valence-corrected chi connectivity index (χ1v) is 9.10. The number of pyridine rings is 2. The number of hydrogen-bond acceptors (Lipinski definition) is 4. The second-order valence-electron chi connectivity index (χ2n) is 6.71. The van der Waals surface area contributed by atoms with Gasteiger partial charge < -0.3 is 10.4 Å². The molecule has 2 aromatic carbocycles. The summed E-state index contributed by atoms with van der Waals surface area (Å²) in [5, 5.41) is 12.7. The summed E-state index contributed by atoms with van der Waals surface area (Å²) in [6.07, 6.45) is 1.40. The molecule has 4 rings (SSSR count). The number of aryl methyl sites for hydroxylation is 1. The van der Waals surface area contributed by atoms with Gasteiger partial charge in [0.2, 0.25) is 0 Å². The maximum atomic E-state index is 13.3. The van der Waals surface area contributed by atoms with Crippen LogP contribution in [0.15, 0.2) is 59.5 Å². The van der Waals surface area contributed by atoms with E-state index in [2.05, 4.69) is 10.3 Å². The Kier molecular flexibility index (Phi) is 4.82. The summed E-state index contributed by atoms with van der Waals surface area (Å²) in [5.41, 5.74) is 2.18. The van der Waals surface area contributed by atoms with Gasteiger partial charge in [0.1, 0.15) is 5.82 Å². The highest BCUT2D eigenvalue weighted by atomic mass is 19.1. The Balaban J connectivity index is 2.06. The number of nitrogens with one attached hydrogen (secondary N) is 1. The SMILES string of the molecule is Cc1cccc2cc3c(=O)n(-c4ccc(F)cc4)cc(C(=O)NCCO)c3nc12. The third-order valence-corrected chi connectivity index (χ3v) is 4.76. The molecule has 1 amide bonds. The number of aliphatic hydroxyl groups excluding tert-OH is 1. The van der Waals surface area contributed by atoms with Crippen LogP contribution >= 0.6 is 0 Å². The summed E-state index contributed by atoms with van der Waals surface area (Å²) < 4.78 is 14.6. The second-order valence-corrected chi connectivity index (χ2v) is 6.71. The summed E-state index contributed by atoms with van der Waals surface area (Å²) in [6.45, 7) is 1.77. The minimum atomic E-state index is -0.458. The Morgan fingerprint density at radius 1 is 1.17 bits per heavy atom. The van der Waals surface area contributed by atoms with E-state index in [1.165, 1.54) is 35.0 Å². The van der Waals surface area contributed by atoms with Gasteiger partial charge in [-0.1, -0.05) is 18.2 Å². The Morgan fingerprint density at radius 3 is 2.66 bits per heavy atom. The molecule has 2 aromatic heterocycles. The molecular weight excluding hydrogens is 373 g/mol. The number of rotatable bonds is 4. The third-order valence-electron chi connectivity index (χ3n) is 4.76. The largest absolute Gasteiger partial charge is 0.395 e. The molecule has 0 aliphatic rings. The molecule has 0 unspecified atom stereocenters. The molecule has 0 saturated heterocycles. The Morgan fingerprint density at radius 2 is 1.93 bits per heavy atom. The molecule has 0 aliphatic carbocycles. The molecule has 0 atom stereocenters. The van der Waals surface area contributed by atoms with E-state index in [9.17, 15) is 14.0 Å². The maximum absolute atomic E-state index is 13.3. The smallest absolute Gasteiger partial charge is 0.264 e. The highest BCUT2D eigenvalue weighted by Gasteiger charge is 2.18. The molecule has 4 aromatic rings. The molecule has 0 radical (unpaired) electrons. The number of para-hydroxylation sites is 1. The minimum absolute atomic E-state index is 0.0720. The summed E-state index contributed by atoms with van der Waals surface area (Å²) in [5.74, 6) is -0.882. The first-order chi connectivity index (χ1) is 14.0. The van der Waals surface area contributed by atoms with Crippen LogP contribution in [-0.2, 0) is 0 Å². The van der Waals surface area contributed by atoms with Crippen molar-refractivity contribution in [2.45, 2.75) is 6.92 Å². The number of hydrogen-bond donors (Lipinski definition) is 2. The van der Waals surface area contributed by atoms with Gasteiger partial charge in [0.25, 0.3) is 11.5 Å². The summed E-state index contributed by atoms with van der Waals surface area (Å²) in [6, 6.07) is 12.8. The molecule has 0 saturated carbocycles. The van der Waals surface area contributed by atoms with Crippen LogP contribution < -0.4 is 10.9 Å². The predicted molar refractivity (Wildman–Crippen MR) is 109 cm³/mol.